The first kappa shape index (κ1) is 16.7. The molecule has 1 aromatic heterocycles. The Morgan fingerprint density at radius 1 is 0.960 bits per heavy atom. The maximum absolute atomic E-state index is 12.8. The Hall–Kier alpha value is -3.15. The topological polar surface area (TPSA) is 43.3 Å². The number of hydrogen-bond acceptors (Lipinski definition) is 2. The van der Waals surface area contributed by atoms with Crippen LogP contribution in [-0.2, 0) is 4.79 Å². The van der Waals surface area contributed by atoms with Gasteiger partial charge in [-0.25, -0.2) is 0 Å². The molecule has 0 spiro atoms. The Balaban J connectivity index is 1.84. The van der Waals surface area contributed by atoms with Crippen LogP contribution in [0.1, 0.15) is 11.6 Å². The summed E-state index contributed by atoms with van der Waals surface area (Å²) in [5.41, 5.74) is 1.20. The van der Waals surface area contributed by atoms with E-state index in [0.29, 0.717) is 5.69 Å². The van der Waals surface area contributed by atoms with E-state index in [1.807, 2.05) is 42.5 Å². The Morgan fingerprint density at radius 2 is 1.68 bits per heavy atom. The average Bonchev–Trinajstić information content (AvgIpc) is 3.10. The van der Waals surface area contributed by atoms with Crippen LogP contribution in [0.3, 0.4) is 0 Å². The van der Waals surface area contributed by atoms with Crippen molar-refractivity contribution in [2.24, 2.45) is 0 Å². The van der Waals surface area contributed by atoms with E-state index in [0.717, 1.165) is 5.56 Å². The monoisotopic (exact) mass is 342 g/mol. The molecule has 0 aliphatic heterocycles. The molecule has 128 valence electrons. The number of halogens is 2. The molecule has 1 N–H and O–H groups in total. The van der Waals surface area contributed by atoms with Gasteiger partial charge in [0.1, 0.15) is 11.8 Å². The first-order chi connectivity index (χ1) is 12.1. The standard InChI is InChI=1S/C19H16F2N2O2/c20-19(21)25-16-10-6-9-15(13-16)22-18(24)17(23-11-4-5-12-23)14-7-2-1-3-8-14/h1-13,17,19H,(H,22,24)/t17-/m1/s1. The molecule has 0 fully saturated rings. The van der Waals surface area contributed by atoms with Crippen molar-refractivity contribution in [3.63, 3.8) is 0 Å². The van der Waals surface area contributed by atoms with Crippen molar-refractivity contribution in [3.05, 3.63) is 84.7 Å². The summed E-state index contributed by atoms with van der Waals surface area (Å²) >= 11 is 0. The third kappa shape index (κ3) is 4.23. The highest BCUT2D eigenvalue weighted by Crippen LogP contribution is 2.23. The lowest BCUT2D eigenvalue weighted by Gasteiger charge is -2.19. The van der Waals surface area contributed by atoms with Crippen LogP contribution in [-0.4, -0.2) is 17.1 Å². The third-order valence-corrected chi connectivity index (χ3v) is 3.62. The minimum atomic E-state index is -2.91. The van der Waals surface area contributed by atoms with Gasteiger partial charge in [0, 0.05) is 24.1 Å². The normalized spacial score (nSPS) is 12.0. The van der Waals surface area contributed by atoms with E-state index in [1.54, 1.807) is 29.1 Å². The van der Waals surface area contributed by atoms with Crippen LogP contribution < -0.4 is 10.1 Å². The molecule has 6 heteroatoms. The van der Waals surface area contributed by atoms with Crippen LogP contribution in [0.5, 0.6) is 5.75 Å². The van der Waals surface area contributed by atoms with Crippen LogP contribution in [0.4, 0.5) is 14.5 Å². The summed E-state index contributed by atoms with van der Waals surface area (Å²) in [4.78, 5) is 12.8. The van der Waals surface area contributed by atoms with Gasteiger partial charge in [-0.05, 0) is 29.8 Å². The summed E-state index contributed by atoms with van der Waals surface area (Å²) in [5.74, 6) is -0.290. The number of benzene rings is 2. The molecule has 0 saturated heterocycles. The number of amides is 1. The van der Waals surface area contributed by atoms with Crippen LogP contribution in [0.25, 0.3) is 0 Å². The number of rotatable bonds is 6. The molecule has 1 amide bonds. The summed E-state index contributed by atoms with van der Waals surface area (Å²) in [6.07, 6.45) is 3.60. The van der Waals surface area contributed by atoms with Gasteiger partial charge in [-0.2, -0.15) is 8.78 Å². The third-order valence-electron chi connectivity index (χ3n) is 3.62. The Morgan fingerprint density at radius 3 is 2.36 bits per heavy atom. The van der Waals surface area contributed by atoms with Gasteiger partial charge in [0.25, 0.3) is 5.91 Å². The molecule has 1 heterocycles. The number of carbonyl (C=O) groups excluding carboxylic acids is 1. The SMILES string of the molecule is O=C(Nc1cccc(OC(F)F)c1)[C@@H](c1ccccc1)n1cccc1. The van der Waals surface area contributed by atoms with Gasteiger partial charge in [-0.15, -0.1) is 0 Å². The molecule has 4 nitrogen and oxygen atoms in total. The maximum Gasteiger partial charge on any atom is 0.387 e. The molecule has 0 aliphatic rings. The van der Waals surface area contributed by atoms with E-state index < -0.39 is 12.7 Å². The number of ether oxygens (including phenoxy) is 1. The highest BCUT2D eigenvalue weighted by atomic mass is 19.3. The first-order valence-corrected chi connectivity index (χ1v) is 7.66. The second kappa shape index (κ2) is 7.61. The highest BCUT2D eigenvalue weighted by Gasteiger charge is 2.22. The summed E-state index contributed by atoms with van der Waals surface area (Å²) in [6, 6.07) is 18.3. The van der Waals surface area contributed by atoms with Crippen molar-refractivity contribution < 1.29 is 18.3 Å². The molecule has 3 rings (SSSR count). The fraction of sp³-hybridized carbons (Fsp3) is 0.105. The molecule has 1 atom stereocenters. The van der Waals surface area contributed by atoms with Crippen molar-refractivity contribution in [2.75, 3.05) is 5.32 Å². The Bertz CT molecular complexity index is 820. The van der Waals surface area contributed by atoms with E-state index in [1.165, 1.54) is 12.1 Å². The number of carbonyl (C=O) groups is 1. The number of alkyl halides is 2. The maximum atomic E-state index is 12.8. The summed E-state index contributed by atoms with van der Waals surface area (Å²) < 4.78 is 30.8. The summed E-state index contributed by atoms with van der Waals surface area (Å²) in [6.45, 7) is -2.91. The second-order valence-electron chi connectivity index (χ2n) is 5.34. The van der Waals surface area contributed by atoms with Gasteiger partial charge in [-0.1, -0.05) is 36.4 Å². The van der Waals surface area contributed by atoms with Crippen molar-refractivity contribution in [1.29, 1.82) is 0 Å². The van der Waals surface area contributed by atoms with Gasteiger partial charge in [0.15, 0.2) is 0 Å². The molecule has 0 aliphatic carbocycles. The van der Waals surface area contributed by atoms with Gasteiger partial charge >= 0.3 is 6.61 Å². The zero-order valence-electron chi connectivity index (χ0n) is 13.2. The van der Waals surface area contributed by atoms with Gasteiger partial charge in [0.05, 0.1) is 0 Å². The van der Waals surface area contributed by atoms with E-state index in [9.17, 15) is 13.6 Å². The average molecular weight is 342 g/mol. The minimum Gasteiger partial charge on any atom is -0.435 e. The van der Waals surface area contributed by atoms with Crippen LogP contribution in [0.2, 0.25) is 0 Å². The van der Waals surface area contributed by atoms with Gasteiger partial charge < -0.3 is 14.6 Å². The summed E-state index contributed by atoms with van der Waals surface area (Å²) in [7, 11) is 0. The van der Waals surface area contributed by atoms with E-state index >= 15 is 0 Å². The Kier molecular flexibility index (Phi) is 5.09. The van der Waals surface area contributed by atoms with E-state index in [2.05, 4.69) is 10.1 Å². The molecule has 25 heavy (non-hydrogen) atoms. The minimum absolute atomic E-state index is 0.00924. The van der Waals surface area contributed by atoms with Crippen LogP contribution in [0.15, 0.2) is 79.1 Å². The number of nitrogens with zero attached hydrogens (tertiary/aromatic N) is 1. The number of anilines is 1. The van der Waals surface area contributed by atoms with Crippen molar-refractivity contribution in [2.45, 2.75) is 12.7 Å². The molecule has 2 aromatic carbocycles. The first-order valence-electron chi connectivity index (χ1n) is 7.66. The summed E-state index contributed by atoms with van der Waals surface area (Å²) in [5, 5.41) is 2.76. The molecule has 3 aromatic rings. The van der Waals surface area contributed by atoms with Gasteiger partial charge in [-0.3, -0.25) is 4.79 Å². The molecular weight excluding hydrogens is 326 g/mol. The molecule has 0 saturated carbocycles. The van der Waals surface area contributed by atoms with Gasteiger partial charge in [0.2, 0.25) is 0 Å². The molecule has 0 bridgehead atoms. The van der Waals surface area contributed by atoms with Crippen molar-refractivity contribution in [3.8, 4) is 5.75 Å². The fourth-order valence-electron chi connectivity index (χ4n) is 2.57. The lowest BCUT2D eigenvalue weighted by Crippen LogP contribution is -2.26. The molecule has 0 unspecified atom stereocenters. The smallest absolute Gasteiger partial charge is 0.387 e. The fourth-order valence-corrected chi connectivity index (χ4v) is 2.57. The predicted molar refractivity (Wildman–Crippen MR) is 90.7 cm³/mol. The molecular formula is C19H16F2N2O2. The highest BCUT2D eigenvalue weighted by molar-refractivity contribution is 5.96. The quantitative estimate of drug-likeness (QED) is 0.725. The lowest BCUT2D eigenvalue weighted by atomic mass is 10.1. The second-order valence-corrected chi connectivity index (χ2v) is 5.34. The van der Waals surface area contributed by atoms with E-state index in [-0.39, 0.29) is 11.7 Å². The van der Waals surface area contributed by atoms with Crippen molar-refractivity contribution >= 4 is 11.6 Å². The van der Waals surface area contributed by atoms with Crippen LogP contribution >= 0.6 is 0 Å². The van der Waals surface area contributed by atoms with Crippen molar-refractivity contribution in [1.82, 2.24) is 4.57 Å². The zero-order valence-corrected chi connectivity index (χ0v) is 13.2. The number of aromatic nitrogens is 1. The number of nitrogens with one attached hydrogen (secondary N) is 1. The van der Waals surface area contributed by atoms with Crippen LogP contribution in [0, 0.1) is 0 Å². The lowest BCUT2D eigenvalue weighted by molar-refractivity contribution is -0.118. The zero-order chi connectivity index (χ0) is 17.6. The predicted octanol–water partition coefficient (Wildman–Crippen LogP) is 4.32. The Labute approximate surface area is 143 Å². The molecule has 0 radical (unpaired) electrons. The van der Waals surface area contributed by atoms with E-state index in [4.69, 9.17) is 0 Å². The largest absolute Gasteiger partial charge is 0.435 e. The number of hydrogen-bond donors (Lipinski definition) is 1.